The second kappa shape index (κ2) is 8.65. The van der Waals surface area contributed by atoms with Crippen molar-refractivity contribution in [1.29, 1.82) is 0 Å². The van der Waals surface area contributed by atoms with Crippen LogP contribution in [0.25, 0.3) is 10.9 Å². The quantitative estimate of drug-likeness (QED) is 0.699. The fraction of sp³-hybridized carbons (Fsp3) is 0.348. The lowest BCUT2D eigenvalue weighted by Gasteiger charge is -2.32. The third kappa shape index (κ3) is 4.20. The summed E-state index contributed by atoms with van der Waals surface area (Å²) in [5, 5.41) is 3.80. The van der Waals surface area contributed by atoms with E-state index in [2.05, 4.69) is 20.2 Å². The van der Waals surface area contributed by atoms with Gasteiger partial charge in [0, 0.05) is 37.0 Å². The Morgan fingerprint density at radius 3 is 2.63 bits per heavy atom. The van der Waals surface area contributed by atoms with Crippen LogP contribution in [0.3, 0.4) is 0 Å². The van der Waals surface area contributed by atoms with E-state index in [1.54, 1.807) is 6.07 Å². The number of rotatable bonds is 5. The summed E-state index contributed by atoms with van der Waals surface area (Å²) < 4.78 is 19.1. The van der Waals surface area contributed by atoms with Crippen LogP contribution in [0.15, 0.2) is 42.7 Å². The highest BCUT2D eigenvalue weighted by Gasteiger charge is 2.26. The maximum atomic E-state index is 14.0. The van der Waals surface area contributed by atoms with Crippen LogP contribution in [0.5, 0.6) is 5.75 Å². The fourth-order valence-electron chi connectivity index (χ4n) is 3.85. The maximum Gasteiger partial charge on any atom is 0.223 e. The Labute approximate surface area is 175 Å². The molecule has 1 aromatic heterocycles. The Bertz CT molecular complexity index is 1050. The summed E-state index contributed by atoms with van der Waals surface area (Å²) >= 11 is 0. The average molecular weight is 408 g/mol. The van der Waals surface area contributed by atoms with E-state index in [-0.39, 0.29) is 17.6 Å². The molecular weight excluding hydrogens is 383 g/mol. The van der Waals surface area contributed by atoms with Gasteiger partial charge in [0.05, 0.1) is 12.6 Å². The molecule has 7 heteroatoms. The molecule has 30 heavy (non-hydrogen) atoms. The predicted octanol–water partition coefficient (Wildman–Crippen LogP) is 3.62. The second-order valence-electron chi connectivity index (χ2n) is 7.67. The van der Waals surface area contributed by atoms with Crippen molar-refractivity contribution >= 4 is 22.6 Å². The number of amides is 1. The first-order valence-corrected chi connectivity index (χ1v) is 10.1. The van der Waals surface area contributed by atoms with Crippen LogP contribution in [-0.4, -0.2) is 36.1 Å². The van der Waals surface area contributed by atoms with Crippen molar-refractivity contribution in [2.75, 3.05) is 25.1 Å². The van der Waals surface area contributed by atoms with Crippen molar-refractivity contribution in [3.05, 3.63) is 59.7 Å². The van der Waals surface area contributed by atoms with Crippen LogP contribution in [0.2, 0.25) is 0 Å². The molecule has 6 nitrogen and oxygen atoms in total. The highest BCUT2D eigenvalue weighted by atomic mass is 19.1. The first kappa shape index (κ1) is 20.1. The number of benzene rings is 2. The van der Waals surface area contributed by atoms with E-state index in [0.29, 0.717) is 25.2 Å². The number of nitrogens with zero attached hydrogens (tertiary/aromatic N) is 3. The van der Waals surface area contributed by atoms with Gasteiger partial charge in [0.1, 0.15) is 12.1 Å². The number of piperidine rings is 1. The molecule has 0 saturated carbocycles. The highest BCUT2D eigenvalue weighted by molar-refractivity contribution is 5.90. The third-order valence-electron chi connectivity index (χ3n) is 5.64. The van der Waals surface area contributed by atoms with Gasteiger partial charge >= 0.3 is 0 Å². The summed E-state index contributed by atoms with van der Waals surface area (Å²) in [4.78, 5) is 23.3. The molecule has 4 rings (SSSR count). The molecule has 156 valence electrons. The van der Waals surface area contributed by atoms with Crippen molar-refractivity contribution in [2.24, 2.45) is 5.92 Å². The zero-order chi connectivity index (χ0) is 21.1. The molecular formula is C23H25FN4O2. The van der Waals surface area contributed by atoms with Crippen LogP contribution in [0, 0.1) is 18.7 Å². The van der Waals surface area contributed by atoms with E-state index < -0.39 is 5.82 Å². The van der Waals surface area contributed by atoms with Gasteiger partial charge < -0.3 is 15.0 Å². The van der Waals surface area contributed by atoms with Crippen molar-refractivity contribution in [3.63, 3.8) is 0 Å². The topological polar surface area (TPSA) is 67.3 Å². The van der Waals surface area contributed by atoms with Gasteiger partial charge in [0.15, 0.2) is 11.6 Å². The molecule has 0 bridgehead atoms. The first-order chi connectivity index (χ1) is 14.5. The summed E-state index contributed by atoms with van der Waals surface area (Å²) in [5.41, 5.74) is 2.84. The van der Waals surface area contributed by atoms with Crippen LogP contribution < -0.4 is 15.0 Å². The minimum Gasteiger partial charge on any atom is -0.494 e. The number of carbonyl (C=O) groups is 1. The summed E-state index contributed by atoms with van der Waals surface area (Å²) in [6, 6.07) is 11.2. The summed E-state index contributed by atoms with van der Waals surface area (Å²) in [6.45, 7) is 3.99. The molecule has 1 N–H and O–H groups in total. The van der Waals surface area contributed by atoms with Crippen LogP contribution in [0.1, 0.15) is 24.0 Å². The van der Waals surface area contributed by atoms with Gasteiger partial charge in [0.2, 0.25) is 5.91 Å². The van der Waals surface area contributed by atoms with Gasteiger partial charge in [-0.2, -0.15) is 0 Å². The Balaban J connectivity index is 1.40. The molecule has 1 saturated heterocycles. The van der Waals surface area contributed by atoms with E-state index in [4.69, 9.17) is 4.74 Å². The molecule has 1 aliphatic rings. The van der Waals surface area contributed by atoms with Crippen molar-refractivity contribution in [1.82, 2.24) is 15.3 Å². The summed E-state index contributed by atoms with van der Waals surface area (Å²) in [7, 11) is 1.44. The predicted molar refractivity (Wildman–Crippen MR) is 114 cm³/mol. The number of aromatic nitrogens is 2. The van der Waals surface area contributed by atoms with Gasteiger partial charge in [-0.3, -0.25) is 4.79 Å². The minimum atomic E-state index is -0.446. The summed E-state index contributed by atoms with van der Waals surface area (Å²) in [6.07, 6.45) is 2.93. The molecule has 0 atom stereocenters. The van der Waals surface area contributed by atoms with Crippen LogP contribution in [0.4, 0.5) is 10.2 Å². The number of fused-ring (bicyclic) bond motifs is 1. The number of aryl methyl sites for hydroxylation is 1. The van der Waals surface area contributed by atoms with E-state index in [9.17, 15) is 9.18 Å². The lowest BCUT2D eigenvalue weighted by atomic mass is 9.95. The SMILES string of the molecule is COc1cc2c(N3CCC(C(=O)NCc4ccc(C)cc4)CC3)ncnc2cc1F. The molecule has 0 unspecified atom stereocenters. The number of halogens is 1. The van der Waals surface area contributed by atoms with Crippen molar-refractivity contribution < 1.29 is 13.9 Å². The molecule has 0 radical (unpaired) electrons. The first-order valence-electron chi connectivity index (χ1n) is 10.1. The molecule has 2 aromatic carbocycles. The molecule has 2 heterocycles. The Morgan fingerprint density at radius 1 is 1.20 bits per heavy atom. The number of methoxy groups -OCH3 is 1. The monoisotopic (exact) mass is 408 g/mol. The van der Waals surface area contributed by atoms with Gasteiger partial charge in [-0.05, 0) is 31.4 Å². The molecule has 3 aromatic rings. The Kier molecular flexibility index (Phi) is 5.79. The maximum absolute atomic E-state index is 14.0. The van der Waals surface area contributed by atoms with Gasteiger partial charge in [-0.1, -0.05) is 29.8 Å². The van der Waals surface area contributed by atoms with E-state index in [1.807, 2.05) is 31.2 Å². The largest absolute Gasteiger partial charge is 0.494 e. The van der Waals surface area contributed by atoms with E-state index in [1.165, 1.54) is 25.1 Å². The van der Waals surface area contributed by atoms with E-state index in [0.717, 1.165) is 29.6 Å². The zero-order valence-corrected chi connectivity index (χ0v) is 17.2. The third-order valence-corrected chi connectivity index (χ3v) is 5.64. The lowest BCUT2D eigenvalue weighted by molar-refractivity contribution is -0.125. The van der Waals surface area contributed by atoms with Gasteiger partial charge in [-0.25, -0.2) is 14.4 Å². The van der Waals surface area contributed by atoms with E-state index >= 15 is 0 Å². The number of hydrogen-bond acceptors (Lipinski definition) is 5. The van der Waals surface area contributed by atoms with Crippen LogP contribution >= 0.6 is 0 Å². The summed E-state index contributed by atoms with van der Waals surface area (Å²) in [5.74, 6) is 0.539. The standard InChI is InChI=1S/C23H25FN4O2/c1-15-3-5-16(6-4-15)13-25-23(29)17-7-9-28(10-8-17)22-18-11-21(30-2)19(24)12-20(18)26-14-27-22/h3-6,11-12,14,17H,7-10,13H2,1-2H3,(H,25,29). The number of hydrogen-bond donors (Lipinski definition) is 1. The number of anilines is 1. The Morgan fingerprint density at radius 2 is 1.93 bits per heavy atom. The zero-order valence-electron chi connectivity index (χ0n) is 17.2. The lowest BCUT2D eigenvalue weighted by Crippen LogP contribution is -2.40. The number of ether oxygens (including phenoxy) is 1. The molecule has 0 spiro atoms. The smallest absolute Gasteiger partial charge is 0.223 e. The van der Waals surface area contributed by atoms with Crippen LogP contribution in [-0.2, 0) is 11.3 Å². The second-order valence-corrected chi connectivity index (χ2v) is 7.67. The molecule has 1 aliphatic heterocycles. The fourth-order valence-corrected chi connectivity index (χ4v) is 3.85. The Hall–Kier alpha value is -3.22. The molecule has 0 aliphatic carbocycles. The van der Waals surface area contributed by atoms with Gasteiger partial charge in [0.25, 0.3) is 0 Å². The number of carbonyl (C=O) groups excluding carboxylic acids is 1. The van der Waals surface area contributed by atoms with Gasteiger partial charge in [-0.15, -0.1) is 0 Å². The van der Waals surface area contributed by atoms with Crippen molar-refractivity contribution in [2.45, 2.75) is 26.3 Å². The number of nitrogens with one attached hydrogen (secondary N) is 1. The average Bonchev–Trinajstić information content (AvgIpc) is 2.77. The molecule has 1 amide bonds. The van der Waals surface area contributed by atoms with Crippen molar-refractivity contribution in [3.8, 4) is 5.75 Å². The normalized spacial score (nSPS) is 14.7. The highest BCUT2D eigenvalue weighted by Crippen LogP contribution is 2.31. The minimum absolute atomic E-state index is 0.0215. The molecule has 1 fully saturated rings.